The lowest BCUT2D eigenvalue weighted by Crippen LogP contribution is -2.50. The number of halogens is 1. The van der Waals surface area contributed by atoms with Gasteiger partial charge in [-0.05, 0) is 25.1 Å². The first-order chi connectivity index (χ1) is 13.0. The second-order valence-electron chi connectivity index (χ2n) is 5.98. The Hall–Kier alpha value is -3.55. The maximum Gasteiger partial charge on any atom is 0.305 e. The van der Waals surface area contributed by atoms with Crippen LogP contribution in [0.15, 0.2) is 46.9 Å². The molecule has 1 unspecified atom stereocenters. The molecular formula is C19H15FN2O5. The molecule has 0 saturated heterocycles. The van der Waals surface area contributed by atoms with E-state index >= 15 is 0 Å². The zero-order valence-corrected chi connectivity index (χ0v) is 14.2. The normalized spacial score (nSPS) is 15.4. The molecule has 0 fully saturated rings. The first-order valence-corrected chi connectivity index (χ1v) is 8.21. The van der Waals surface area contributed by atoms with E-state index in [1.54, 1.807) is 37.3 Å². The molecule has 27 heavy (non-hydrogen) atoms. The molecule has 4 rings (SSSR count). The monoisotopic (exact) mass is 370 g/mol. The lowest BCUT2D eigenvalue weighted by molar-refractivity contribution is -0.131. The van der Waals surface area contributed by atoms with Crippen molar-refractivity contribution in [2.24, 2.45) is 0 Å². The third-order valence-electron chi connectivity index (χ3n) is 4.22. The number of nitrogens with one attached hydrogen (secondary N) is 2. The van der Waals surface area contributed by atoms with E-state index in [9.17, 15) is 14.0 Å². The third kappa shape index (κ3) is 3.05. The molecule has 0 bridgehead atoms. The van der Waals surface area contributed by atoms with Crippen LogP contribution >= 0.6 is 0 Å². The lowest BCUT2D eigenvalue weighted by Gasteiger charge is -2.25. The number of fused-ring (bicyclic) bond motifs is 2. The molecule has 0 spiro atoms. The van der Waals surface area contributed by atoms with Crippen molar-refractivity contribution in [2.45, 2.75) is 13.0 Å². The van der Waals surface area contributed by atoms with Crippen molar-refractivity contribution in [1.82, 2.24) is 10.9 Å². The number of ether oxygens (including phenoxy) is 2. The highest BCUT2D eigenvalue weighted by atomic mass is 19.1. The van der Waals surface area contributed by atoms with Crippen LogP contribution in [0.5, 0.6) is 11.5 Å². The van der Waals surface area contributed by atoms with Crippen molar-refractivity contribution in [3.63, 3.8) is 0 Å². The van der Waals surface area contributed by atoms with E-state index < -0.39 is 23.7 Å². The van der Waals surface area contributed by atoms with Gasteiger partial charge in [-0.1, -0.05) is 24.3 Å². The van der Waals surface area contributed by atoms with Crippen molar-refractivity contribution in [3.05, 3.63) is 59.6 Å². The maximum atomic E-state index is 13.8. The Morgan fingerprint density at radius 2 is 1.85 bits per heavy atom. The van der Waals surface area contributed by atoms with Crippen LogP contribution in [0.25, 0.3) is 11.0 Å². The fourth-order valence-electron chi connectivity index (χ4n) is 2.83. The highest BCUT2D eigenvalue weighted by Crippen LogP contribution is 2.31. The predicted molar refractivity (Wildman–Crippen MR) is 92.9 cm³/mol. The van der Waals surface area contributed by atoms with Crippen LogP contribution in [0.3, 0.4) is 0 Å². The number of rotatable bonds is 2. The van der Waals surface area contributed by atoms with Crippen LogP contribution in [0.1, 0.15) is 16.1 Å². The minimum atomic E-state index is -0.922. The number of benzene rings is 2. The van der Waals surface area contributed by atoms with Gasteiger partial charge in [0.2, 0.25) is 6.10 Å². The summed E-state index contributed by atoms with van der Waals surface area (Å²) in [6.07, 6.45) is -0.922. The molecule has 2 amide bonds. The number of furan rings is 1. The van der Waals surface area contributed by atoms with Crippen LogP contribution in [-0.4, -0.2) is 24.5 Å². The first kappa shape index (κ1) is 16.9. The standard InChI is InChI=1S/C19H15FN2O5/c1-10-11-5-4-6-12(20)17(11)27-16(10)19(24)22-21-18(23)15-9-25-13-7-2-3-8-14(13)26-15/h2-8,15H,9H2,1H3,(H,21,23)(H,22,24). The summed E-state index contributed by atoms with van der Waals surface area (Å²) in [6, 6.07) is 11.4. The molecule has 1 aliphatic rings. The first-order valence-electron chi connectivity index (χ1n) is 8.21. The number of hydrogen-bond donors (Lipinski definition) is 2. The summed E-state index contributed by atoms with van der Waals surface area (Å²) in [5, 5.41) is 0.493. The van der Waals surface area contributed by atoms with Gasteiger partial charge in [0, 0.05) is 10.9 Å². The minimum Gasteiger partial charge on any atom is -0.485 e. The van der Waals surface area contributed by atoms with Crippen LogP contribution in [0.4, 0.5) is 4.39 Å². The summed E-state index contributed by atoms with van der Waals surface area (Å²) in [7, 11) is 0. The van der Waals surface area contributed by atoms with Crippen LogP contribution in [-0.2, 0) is 4.79 Å². The number of hydrogen-bond acceptors (Lipinski definition) is 5. The molecular weight excluding hydrogens is 355 g/mol. The fraction of sp³-hybridized carbons (Fsp3) is 0.158. The zero-order valence-electron chi connectivity index (χ0n) is 14.2. The molecule has 2 N–H and O–H groups in total. The Labute approximate surface area is 153 Å². The van der Waals surface area contributed by atoms with Gasteiger partial charge in [0.15, 0.2) is 28.7 Å². The average molecular weight is 370 g/mol. The molecule has 2 aromatic carbocycles. The summed E-state index contributed by atoms with van der Waals surface area (Å²) in [4.78, 5) is 24.6. The van der Waals surface area contributed by atoms with Gasteiger partial charge >= 0.3 is 5.91 Å². The summed E-state index contributed by atoms with van der Waals surface area (Å²) >= 11 is 0. The molecule has 3 aromatic rings. The Kier molecular flexibility index (Phi) is 4.15. The van der Waals surface area contributed by atoms with Crippen LogP contribution in [0.2, 0.25) is 0 Å². The SMILES string of the molecule is Cc1c(C(=O)NNC(=O)C2COc3ccccc3O2)oc2c(F)cccc12. The number of para-hydroxylation sites is 3. The van der Waals surface area contributed by atoms with E-state index in [-0.39, 0.29) is 18.0 Å². The van der Waals surface area contributed by atoms with Gasteiger partial charge in [-0.3, -0.25) is 20.4 Å². The van der Waals surface area contributed by atoms with Gasteiger partial charge in [-0.15, -0.1) is 0 Å². The third-order valence-corrected chi connectivity index (χ3v) is 4.22. The highest BCUT2D eigenvalue weighted by Gasteiger charge is 2.28. The zero-order chi connectivity index (χ0) is 19.0. The Bertz CT molecular complexity index is 1050. The van der Waals surface area contributed by atoms with E-state index in [4.69, 9.17) is 13.9 Å². The summed E-state index contributed by atoms with van der Waals surface area (Å²) in [5.41, 5.74) is 4.99. The summed E-state index contributed by atoms with van der Waals surface area (Å²) in [6.45, 7) is 1.64. The van der Waals surface area contributed by atoms with Gasteiger partial charge < -0.3 is 13.9 Å². The van der Waals surface area contributed by atoms with Gasteiger partial charge in [-0.2, -0.15) is 0 Å². The average Bonchev–Trinajstić information content (AvgIpc) is 3.03. The largest absolute Gasteiger partial charge is 0.485 e. The molecule has 138 valence electrons. The Balaban J connectivity index is 1.43. The second kappa shape index (κ2) is 6.64. The molecule has 1 aliphatic heterocycles. The molecule has 0 aliphatic carbocycles. The van der Waals surface area contributed by atoms with Crippen molar-refractivity contribution in [3.8, 4) is 11.5 Å². The van der Waals surface area contributed by atoms with E-state index in [1.165, 1.54) is 12.1 Å². The van der Waals surface area contributed by atoms with Gasteiger partial charge in [-0.25, -0.2) is 4.39 Å². The number of carbonyl (C=O) groups excluding carboxylic acids is 2. The number of aryl methyl sites for hydroxylation is 1. The topological polar surface area (TPSA) is 89.8 Å². The molecule has 7 nitrogen and oxygen atoms in total. The fourth-order valence-corrected chi connectivity index (χ4v) is 2.83. The minimum absolute atomic E-state index is 0.00732. The van der Waals surface area contributed by atoms with Gasteiger partial charge in [0.1, 0.15) is 6.61 Å². The number of amides is 2. The van der Waals surface area contributed by atoms with Crippen LogP contribution < -0.4 is 20.3 Å². The molecule has 8 heteroatoms. The summed E-state index contributed by atoms with van der Waals surface area (Å²) in [5.74, 6) is -0.942. The molecule has 1 atom stereocenters. The van der Waals surface area contributed by atoms with Crippen molar-refractivity contribution in [1.29, 1.82) is 0 Å². The summed E-state index contributed by atoms with van der Waals surface area (Å²) < 4.78 is 30.1. The van der Waals surface area contributed by atoms with Gasteiger partial charge in [0.25, 0.3) is 5.91 Å². The predicted octanol–water partition coefficient (Wildman–Crippen LogP) is 2.48. The smallest absolute Gasteiger partial charge is 0.305 e. The van der Waals surface area contributed by atoms with E-state index in [1.807, 2.05) is 0 Å². The number of hydrazine groups is 1. The van der Waals surface area contributed by atoms with E-state index in [0.29, 0.717) is 22.4 Å². The van der Waals surface area contributed by atoms with E-state index in [0.717, 1.165) is 0 Å². The Morgan fingerprint density at radius 3 is 2.63 bits per heavy atom. The molecule has 0 radical (unpaired) electrons. The Morgan fingerprint density at radius 1 is 1.07 bits per heavy atom. The number of carbonyl (C=O) groups is 2. The van der Waals surface area contributed by atoms with Crippen molar-refractivity contribution >= 4 is 22.8 Å². The van der Waals surface area contributed by atoms with Gasteiger partial charge in [0.05, 0.1) is 0 Å². The van der Waals surface area contributed by atoms with E-state index in [2.05, 4.69) is 10.9 Å². The van der Waals surface area contributed by atoms with Crippen molar-refractivity contribution < 1.29 is 27.9 Å². The molecule has 1 aromatic heterocycles. The lowest BCUT2D eigenvalue weighted by atomic mass is 10.1. The molecule has 0 saturated carbocycles. The quantitative estimate of drug-likeness (QED) is 0.677. The maximum absolute atomic E-state index is 13.8. The second-order valence-corrected chi connectivity index (χ2v) is 5.98. The van der Waals surface area contributed by atoms with Crippen molar-refractivity contribution in [2.75, 3.05) is 6.61 Å². The van der Waals surface area contributed by atoms with Crippen LogP contribution in [0, 0.1) is 12.7 Å². The highest BCUT2D eigenvalue weighted by molar-refractivity contribution is 5.99. The molecule has 2 heterocycles.